The number of H-pyrrole nitrogens is 1. The monoisotopic (exact) mass is 274 g/mol. The molecular formula is C12H16Cl2N2O. The van der Waals surface area contributed by atoms with Crippen LogP contribution in [0.15, 0.2) is 6.07 Å². The van der Waals surface area contributed by atoms with Gasteiger partial charge in [-0.1, -0.05) is 43.0 Å². The first-order valence-corrected chi connectivity index (χ1v) is 6.68. The molecule has 2 rings (SSSR count). The van der Waals surface area contributed by atoms with E-state index < -0.39 is 0 Å². The molecule has 1 aliphatic carbocycles. The number of halogens is 2. The van der Waals surface area contributed by atoms with Crippen molar-refractivity contribution in [2.24, 2.45) is 5.92 Å². The molecular weight excluding hydrogens is 259 g/mol. The summed E-state index contributed by atoms with van der Waals surface area (Å²) in [6.45, 7) is 2.18. The summed E-state index contributed by atoms with van der Waals surface area (Å²) in [6, 6.07) is 1.82. The molecule has 1 saturated carbocycles. The Balaban J connectivity index is 2.01. The molecule has 1 aromatic rings. The fourth-order valence-corrected chi connectivity index (χ4v) is 2.62. The topological polar surface area (TPSA) is 44.9 Å². The quantitative estimate of drug-likeness (QED) is 0.850. The number of rotatable bonds is 2. The van der Waals surface area contributed by atoms with Crippen molar-refractivity contribution in [3.63, 3.8) is 0 Å². The van der Waals surface area contributed by atoms with Crippen LogP contribution in [0.25, 0.3) is 0 Å². The fourth-order valence-electron chi connectivity index (χ4n) is 2.30. The third-order valence-corrected chi connectivity index (χ3v) is 4.09. The number of carbonyl (C=O) groups excluding carboxylic acids is 1. The lowest BCUT2D eigenvalue weighted by molar-refractivity contribution is 0.0906. The Labute approximate surface area is 111 Å². The average Bonchev–Trinajstić information content (AvgIpc) is 2.63. The van der Waals surface area contributed by atoms with Crippen molar-refractivity contribution in [3.8, 4) is 0 Å². The zero-order chi connectivity index (χ0) is 12.4. The highest BCUT2D eigenvalue weighted by atomic mass is 35.5. The lowest BCUT2D eigenvalue weighted by atomic mass is 9.86. The maximum Gasteiger partial charge on any atom is 0.268 e. The van der Waals surface area contributed by atoms with E-state index in [0.717, 1.165) is 6.42 Å². The molecule has 2 N–H and O–H groups in total. The SMILES string of the molecule is C[C@@H]1CCCC[C@H]1NC(=O)c1cc(Cl)c(Cl)[nH]1. The lowest BCUT2D eigenvalue weighted by Gasteiger charge is -2.29. The Morgan fingerprint density at radius 2 is 2.12 bits per heavy atom. The van der Waals surface area contributed by atoms with Gasteiger partial charge >= 0.3 is 0 Å². The Morgan fingerprint density at radius 3 is 2.71 bits per heavy atom. The van der Waals surface area contributed by atoms with Crippen LogP contribution in [0.3, 0.4) is 0 Å². The highest BCUT2D eigenvalue weighted by Gasteiger charge is 2.24. The van der Waals surface area contributed by atoms with Gasteiger partial charge in [-0.05, 0) is 24.8 Å². The van der Waals surface area contributed by atoms with Gasteiger partial charge in [-0.25, -0.2) is 0 Å². The fraction of sp³-hybridized carbons (Fsp3) is 0.583. The van der Waals surface area contributed by atoms with E-state index in [4.69, 9.17) is 23.2 Å². The molecule has 0 aliphatic heterocycles. The van der Waals surface area contributed by atoms with E-state index >= 15 is 0 Å². The molecule has 17 heavy (non-hydrogen) atoms. The summed E-state index contributed by atoms with van der Waals surface area (Å²) < 4.78 is 0. The van der Waals surface area contributed by atoms with Crippen LogP contribution in [-0.2, 0) is 0 Å². The van der Waals surface area contributed by atoms with Gasteiger partial charge in [-0.3, -0.25) is 4.79 Å². The maximum atomic E-state index is 12.0. The zero-order valence-corrected chi connectivity index (χ0v) is 11.2. The molecule has 0 aromatic carbocycles. The Bertz CT molecular complexity index is 397. The second-order valence-electron chi connectivity index (χ2n) is 4.69. The standard InChI is InChI=1S/C12H16Cl2N2O/c1-7-4-2-3-5-9(7)16-12(17)10-6-8(13)11(14)15-10/h6-7,9,15H,2-5H2,1H3,(H,16,17)/t7-,9-/m1/s1. The molecule has 3 nitrogen and oxygen atoms in total. The van der Waals surface area contributed by atoms with Crippen LogP contribution in [-0.4, -0.2) is 16.9 Å². The summed E-state index contributed by atoms with van der Waals surface area (Å²) in [5.74, 6) is 0.408. The van der Waals surface area contributed by atoms with Crippen molar-refractivity contribution < 1.29 is 4.79 Å². The third kappa shape index (κ3) is 2.96. The predicted molar refractivity (Wildman–Crippen MR) is 69.7 cm³/mol. The molecule has 0 spiro atoms. The van der Waals surface area contributed by atoms with Crippen molar-refractivity contribution in [1.82, 2.24) is 10.3 Å². The third-order valence-electron chi connectivity index (χ3n) is 3.40. The van der Waals surface area contributed by atoms with Gasteiger partial charge in [0.1, 0.15) is 10.8 Å². The van der Waals surface area contributed by atoms with Gasteiger partial charge in [0, 0.05) is 6.04 Å². The van der Waals surface area contributed by atoms with E-state index in [1.54, 1.807) is 6.07 Å². The zero-order valence-electron chi connectivity index (χ0n) is 9.72. The summed E-state index contributed by atoms with van der Waals surface area (Å²) in [7, 11) is 0. The minimum Gasteiger partial charge on any atom is -0.348 e. The molecule has 0 radical (unpaired) electrons. The van der Waals surface area contributed by atoms with Gasteiger partial charge in [0.2, 0.25) is 0 Å². The second-order valence-corrected chi connectivity index (χ2v) is 5.47. The highest BCUT2D eigenvalue weighted by Crippen LogP contribution is 2.25. The molecule has 0 saturated heterocycles. The summed E-state index contributed by atoms with van der Waals surface area (Å²) >= 11 is 11.6. The van der Waals surface area contributed by atoms with Crippen molar-refractivity contribution in [2.75, 3.05) is 0 Å². The molecule has 0 unspecified atom stereocenters. The van der Waals surface area contributed by atoms with E-state index in [0.29, 0.717) is 21.8 Å². The number of aromatic nitrogens is 1. The van der Waals surface area contributed by atoms with Crippen molar-refractivity contribution >= 4 is 29.1 Å². The van der Waals surface area contributed by atoms with Gasteiger partial charge in [0.05, 0.1) is 5.02 Å². The van der Waals surface area contributed by atoms with Gasteiger partial charge in [0.25, 0.3) is 5.91 Å². The number of amides is 1. The summed E-state index contributed by atoms with van der Waals surface area (Å²) in [5, 5.41) is 3.73. The van der Waals surface area contributed by atoms with Crippen LogP contribution in [0, 0.1) is 5.92 Å². The first-order valence-electron chi connectivity index (χ1n) is 5.93. The molecule has 1 fully saturated rings. The van der Waals surface area contributed by atoms with Gasteiger partial charge in [-0.15, -0.1) is 0 Å². The van der Waals surface area contributed by atoms with Gasteiger partial charge < -0.3 is 10.3 Å². The van der Waals surface area contributed by atoms with Crippen LogP contribution in [0.2, 0.25) is 10.2 Å². The molecule has 1 amide bonds. The number of nitrogens with one attached hydrogen (secondary N) is 2. The van der Waals surface area contributed by atoms with E-state index in [-0.39, 0.29) is 11.9 Å². The van der Waals surface area contributed by atoms with Crippen LogP contribution < -0.4 is 5.32 Å². The average molecular weight is 275 g/mol. The minimum atomic E-state index is -0.127. The number of hydrogen-bond donors (Lipinski definition) is 2. The lowest BCUT2D eigenvalue weighted by Crippen LogP contribution is -2.41. The molecule has 1 aliphatic rings. The van der Waals surface area contributed by atoms with Gasteiger partial charge in [-0.2, -0.15) is 0 Å². The minimum absolute atomic E-state index is 0.127. The van der Waals surface area contributed by atoms with Crippen molar-refractivity contribution in [1.29, 1.82) is 0 Å². The number of hydrogen-bond acceptors (Lipinski definition) is 1. The van der Waals surface area contributed by atoms with Crippen LogP contribution >= 0.6 is 23.2 Å². The molecule has 94 valence electrons. The van der Waals surface area contributed by atoms with Crippen LogP contribution in [0.4, 0.5) is 0 Å². The normalized spacial score (nSPS) is 24.6. The van der Waals surface area contributed by atoms with E-state index in [9.17, 15) is 4.79 Å². The van der Waals surface area contributed by atoms with Crippen molar-refractivity contribution in [3.05, 3.63) is 21.9 Å². The first-order chi connectivity index (χ1) is 8.08. The molecule has 1 aromatic heterocycles. The van der Waals surface area contributed by atoms with E-state index in [1.807, 2.05) is 0 Å². The molecule has 2 atom stereocenters. The highest BCUT2D eigenvalue weighted by molar-refractivity contribution is 6.41. The van der Waals surface area contributed by atoms with E-state index in [1.165, 1.54) is 19.3 Å². The van der Waals surface area contributed by atoms with Gasteiger partial charge in [0.15, 0.2) is 0 Å². The number of aromatic amines is 1. The molecule has 5 heteroatoms. The maximum absolute atomic E-state index is 12.0. The molecule has 0 bridgehead atoms. The smallest absolute Gasteiger partial charge is 0.268 e. The van der Waals surface area contributed by atoms with Crippen LogP contribution in [0.1, 0.15) is 43.1 Å². The Hall–Kier alpha value is -0.670. The predicted octanol–water partition coefficient (Wildman–Crippen LogP) is 3.63. The van der Waals surface area contributed by atoms with Crippen LogP contribution in [0.5, 0.6) is 0 Å². The summed E-state index contributed by atoms with van der Waals surface area (Å²) in [4.78, 5) is 14.7. The Kier molecular flexibility index (Phi) is 4.00. The summed E-state index contributed by atoms with van der Waals surface area (Å²) in [5.41, 5.74) is 0.428. The summed E-state index contributed by atoms with van der Waals surface area (Å²) in [6.07, 6.45) is 4.67. The van der Waals surface area contributed by atoms with E-state index in [2.05, 4.69) is 17.2 Å². The molecule has 1 heterocycles. The van der Waals surface area contributed by atoms with Crippen molar-refractivity contribution in [2.45, 2.75) is 38.6 Å². The number of carbonyl (C=O) groups is 1. The Morgan fingerprint density at radius 1 is 1.41 bits per heavy atom. The first kappa shape index (κ1) is 12.8. The largest absolute Gasteiger partial charge is 0.348 e. The second kappa shape index (κ2) is 5.32.